The monoisotopic (exact) mass is 333 g/mol. The van der Waals surface area contributed by atoms with E-state index in [1.807, 2.05) is 0 Å². The Kier molecular flexibility index (Phi) is 6.00. The lowest BCUT2D eigenvalue weighted by molar-refractivity contribution is -0.133. The fourth-order valence-electron chi connectivity index (χ4n) is 1.20. The van der Waals surface area contributed by atoms with Gasteiger partial charge in [-0.1, -0.05) is 15.9 Å². The lowest BCUT2D eigenvalue weighted by Gasteiger charge is -2.10. The van der Waals surface area contributed by atoms with Crippen molar-refractivity contribution < 1.29 is 19.4 Å². The van der Waals surface area contributed by atoms with Gasteiger partial charge in [0.25, 0.3) is 0 Å². The summed E-state index contributed by atoms with van der Waals surface area (Å²) >= 11 is 4.34. The van der Waals surface area contributed by atoms with E-state index < -0.39 is 5.97 Å². The van der Waals surface area contributed by atoms with Crippen molar-refractivity contribution in [3.8, 4) is 5.75 Å². The summed E-state index contributed by atoms with van der Waals surface area (Å²) in [6.07, 6.45) is 0. The van der Waals surface area contributed by atoms with Gasteiger partial charge >= 0.3 is 5.97 Å². The van der Waals surface area contributed by atoms with Crippen LogP contribution < -0.4 is 10.1 Å². The second-order valence-electron chi connectivity index (χ2n) is 3.28. The molecule has 0 aliphatic rings. The molecule has 0 aromatic heterocycles. The molecule has 0 bridgehead atoms. The Morgan fingerprint density at radius 2 is 2.17 bits per heavy atom. The third-order valence-electron chi connectivity index (χ3n) is 1.89. The van der Waals surface area contributed by atoms with Crippen LogP contribution in [0, 0.1) is 0 Å². The zero-order valence-electron chi connectivity index (χ0n) is 9.60. The summed E-state index contributed by atoms with van der Waals surface area (Å²) in [5, 5.41) is 11.1. The molecule has 0 heterocycles. The number of nitrogens with one attached hydrogen (secondary N) is 1. The van der Waals surface area contributed by atoms with E-state index in [-0.39, 0.29) is 17.4 Å². The van der Waals surface area contributed by atoms with Gasteiger partial charge in [-0.2, -0.15) is 0 Å². The number of anilines is 1. The number of thioether (sulfide) groups is 1. The standard InChI is InChI=1S/C11H12BrNO4S/c1-17-9-3-2-7(12)4-8(9)13-10(14)5-18-6-11(15)16/h2-4H,5-6H2,1H3,(H,13,14)(H,15,16). The molecule has 18 heavy (non-hydrogen) atoms. The van der Waals surface area contributed by atoms with Crippen molar-refractivity contribution in [3.05, 3.63) is 22.7 Å². The molecular weight excluding hydrogens is 322 g/mol. The van der Waals surface area contributed by atoms with E-state index in [0.29, 0.717) is 11.4 Å². The largest absolute Gasteiger partial charge is 0.495 e. The maximum atomic E-state index is 11.6. The summed E-state index contributed by atoms with van der Waals surface area (Å²) in [5.74, 6) is -0.661. The molecule has 2 N–H and O–H groups in total. The summed E-state index contributed by atoms with van der Waals surface area (Å²) < 4.78 is 5.92. The van der Waals surface area contributed by atoms with E-state index in [1.54, 1.807) is 18.2 Å². The van der Waals surface area contributed by atoms with Crippen molar-refractivity contribution in [2.45, 2.75) is 0 Å². The molecule has 0 aliphatic heterocycles. The third kappa shape index (κ3) is 4.97. The number of halogens is 1. The number of ether oxygens (including phenoxy) is 1. The average molecular weight is 334 g/mol. The summed E-state index contributed by atoms with van der Waals surface area (Å²) in [6, 6.07) is 5.25. The zero-order chi connectivity index (χ0) is 13.5. The highest BCUT2D eigenvalue weighted by molar-refractivity contribution is 9.10. The lowest BCUT2D eigenvalue weighted by Crippen LogP contribution is -2.16. The van der Waals surface area contributed by atoms with Crippen molar-refractivity contribution in [2.75, 3.05) is 23.9 Å². The van der Waals surface area contributed by atoms with Crippen LogP contribution in [0.1, 0.15) is 0 Å². The number of rotatable bonds is 6. The minimum atomic E-state index is -0.937. The third-order valence-corrected chi connectivity index (χ3v) is 3.30. The molecule has 1 aromatic rings. The number of carbonyl (C=O) groups is 2. The van der Waals surface area contributed by atoms with Crippen LogP contribution in [0.25, 0.3) is 0 Å². The first kappa shape index (κ1) is 14.8. The van der Waals surface area contributed by atoms with Crippen LogP contribution in [0.2, 0.25) is 0 Å². The summed E-state index contributed by atoms with van der Waals surface area (Å²) in [7, 11) is 1.51. The number of methoxy groups -OCH3 is 1. The highest BCUT2D eigenvalue weighted by Gasteiger charge is 2.09. The Hall–Kier alpha value is -1.21. The first-order valence-corrected chi connectivity index (χ1v) is 6.90. The lowest BCUT2D eigenvalue weighted by atomic mass is 10.3. The van der Waals surface area contributed by atoms with Crippen LogP contribution in [0.5, 0.6) is 5.75 Å². The van der Waals surface area contributed by atoms with E-state index in [2.05, 4.69) is 21.2 Å². The molecule has 7 heteroatoms. The molecule has 0 unspecified atom stereocenters. The summed E-state index contributed by atoms with van der Waals surface area (Å²) in [6.45, 7) is 0. The molecule has 5 nitrogen and oxygen atoms in total. The number of amides is 1. The first-order valence-electron chi connectivity index (χ1n) is 4.96. The molecule has 0 aliphatic carbocycles. The van der Waals surface area contributed by atoms with Gasteiger partial charge in [0.15, 0.2) is 0 Å². The first-order chi connectivity index (χ1) is 8.52. The molecule has 0 saturated carbocycles. The Morgan fingerprint density at radius 1 is 1.44 bits per heavy atom. The number of benzene rings is 1. The van der Waals surface area contributed by atoms with Gasteiger partial charge in [-0.15, -0.1) is 11.8 Å². The highest BCUT2D eigenvalue weighted by atomic mass is 79.9. The molecule has 0 radical (unpaired) electrons. The Balaban J connectivity index is 2.58. The van der Waals surface area contributed by atoms with Gasteiger partial charge in [0, 0.05) is 4.47 Å². The van der Waals surface area contributed by atoms with Crippen LogP contribution in [0.15, 0.2) is 22.7 Å². The SMILES string of the molecule is COc1ccc(Br)cc1NC(=O)CSCC(=O)O. The molecule has 0 fully saturated rings. The fraction of sp³-hybridized carbons (Fsp3) is 0.273. The van der Waals surface area contributed by atoms with Gasteiger partial charge in [-0.05, 0) is 18.2 Å². The smallest absolute Gasteiger partial charge is 0.313 e. The average Bonchev–Trinajstić information content (AvgIpc) is 2.28. The zero-order valence-corrected chi connectivity index (χ0v) is 12.0. The second-order valence-corrected chi connectivity index (χ2v) is 5.18. The van der Waals surface area contributed by atoms with Gasteiger partial charge in [0.2, 0.25) is 5.91 Å². The molecule has 0 atom stereocenters. The van der Waals surface area contributed by atoms with Gasteiger partial charge in [0.1, 0.15) is 5.75 Å². The minimum absolute atomic E-state index is 0.0853. The number of aliphatic carboxylic acids is 1. The molecule has 0 saturated heterocycles. The van der Waals surface area contributed by atoms with Gasteiger partial charge in [0.05, 0.1) is 24.3 Å². The molecule has 98 valence electrons. The van der Waals surface area contributed by atoms with Crippen molar-refractivity contribution in [1.82, 2.24) is 0 Å². The van der Waals surface area contributed by atoms with E-state index >= 15 is 0 Å². The van der Waals surface area contributed by atoms with Crippen molar-refractivity contribution in [3.63, 3.8) is 0 Å². The van der Waals surface area contributed by atoms with Crippen molar-refractivity contribution in [2.24, 2.45) is 0 Å². The molecule has 1 aromatic carbocycles. The van der Waals surface area contributed by atoms with E-state index in [9.17, 15) is 9.59 Å². The van der Waals surface area contributed by atoms with Crippen LogP contribution in [0.4, 0.5) is 5.69 Å². The fourth-order valence-corrected chi connectivity index (χ4v) is 2.09. The van der Waals surface area contributed by atoms with Gasteiger partial charge in [-0.25, -0.2) is 0 Å². The van der Waals surface area contributed by atoms with Crippen molar-refractivity contribution >= 4 is 45.3 Å². The Labute approximate surface area is 117 Å². The van der Waals surface area contributed by atoms with Gasteiger partial charge in [-0.3, -0.25) is 9.59 Å². The maximum Gasteiger partial charge on any atom is 0.313 e. The van der Waals surface area contributed by atoms with Crippen molar-refractivity contribution in [1.29, 1.82) is 0 Å². The molecule has 0 spiro atoms. The molecule has 1 amide bonds. The quantitative estimate of drug-likeness (QED) is 0.834. The van der Waals surface area contributed by atoms with E-state index in [0.717, 1.165) is 16.2 Å². The molecular formula is C11H12BrNO4S. The van der Waals surface area contributed by atoms with Crippen LogP contribution in [-0.4, -0.2) is 35.6 Å². The number of carboxylic acids is 1. The Bertz CT molecular complexity index is 453. The maximum absolute atomic E-state index is 11.6. The minimum Gasteiger partial charge on any atom is -0.495 e. The normalized spacial score (nSPS) is 9.89. The predicted octanol–water partition coefficient (Wildman–Crippen LogP) is 2.21. The van der Waals surface area contributed by atoms with Crippen LogP contribution >= 0.6 is 27.7 Å². The van der Waals surface area contributed by atoms with Crippen LogP contribution in [-0.2, 0) is 9.59 Å². The topological polar surface area (TPSA) is 75.6 Å². The number of hydrogen-bond donors (Lipinski definition) is 2. The number of carboxylic acid groups (broad SMARTS) is 1. The number of carbonyl (C=O) groups excluding carboxylic acids is 1. The number of hydrogen-bond acceptors (Lipinski definition) is 4. The summed E-state index contributed by atoms with van der Waals surface area (Å²) in [5.41, 5.74) is 0.549. The Morgan fingerprint density at radius 3 is 2.78 bits per heavy atom. The van der Waals surface area contributed by atoms with Crippen LogP contribution in [0.3, 0.4) is 0 Å². The van der Waals surface area contributed by atoms with E-state index in [1.165, 1.54) is 7.11 Å². The summed E-state index contributed by atoms with van der Waals surface area (Å²) in [4.78, 5) is 21.9. The highest BCUT2D eigenvalue weighted by Crippen LogP contribution is 2.27. The molecule has 1 rings (SSSR count). The second kappa shape index (κ2) is 7.27. The predicted molar refractivity (Wildman–Crippen MR) is 74.3 cm³/mol. The van der Waals surface area contributed by atoms with Gasteiger partial charge < -0.3 is 15.2 Å². The van der Waals surface area contributed by atoms with E-state index in [4.69, 9.17) is 9.84 Å².